The van der Waals surface area contributed by atoms with Crippen molar-refractivity contribution in [2.45, 2.75) is 59.9 Å². The van der Waals surface area contributed by atoms with Crippen LogP contribution in [-0.4, -0.2) is 11.9 Å². The monoisotopic (exact) mass is 331 g/mol. The largest absolute Gasteiger partial charge is 0.307 e. The molecular weight excluding hydrogens is 308 g/mol. The van der Waals surface area contributed by atoms with Gasteiger partial charge < -0.3 is 4.90 Å². The van der Waals surface area contributed by atoms with E-state index in [1.807, 2.05) is 34.6 Å². The zero-order chi connectivity index (χ0) is 17.1. The lowest BCUT2D eigenvalue weighted by Gasteiger charge is -2.33. The second kappa shape index (κ2) is 7.40. The van der Waals surface area contributed by atoms with Gasteiger partial charge in [-0.05, 0) is 30.4 Å². The van der Waals surface area contributed by atoms with Crippen LogP contribution in [-0.2, 0) is 4.79 Å². The van der Waals surface area contributed by atoms with E-state index >= 15 is 0 Å². The van der Waals surface area contributed by atoms with Crippen molar-refractivity contribution < 1.29 is 13.6 Å². The molecule has 0 bridgehead atoms. The van der Waals surface area contributed by atoms with Crippen LogP contribution in [0, 0.1) is 17.0 Å². The van der Waals surface area contributed by atoms with Crippen LogP contribution in [0.15, 0.2) is 12.1 Å². The lowest BCUT2D eigenvalue weighted by atomic mass is 9.91. The molecule has 0 unspecified atom stereocenters. The summed E-state index contributed by atoms with van der Waals surface area (Å²) in [4.78, 5) is 14.1. The number of benzene rings is 1. The second-order valence-electron chi connectivity index (χ2n) is 6.67. The Labute approximate surface area is 136 Å². The van der Waals surface area contributed by atoms with Gasteiger partial charge in [-0.2, -0.15) is 0 Å². The maximum absolute atomic E-state index is 14.4. The van der Waals surface area contributed by atoms with Crippen molar-refractivity contribution in [1.29, 1.82) is 0 Å². The minimum absolute atomic E-state index is 0.0503. The molecule has 1 aromatic rings. The number of carbonyl (C=O) groups is 1. The van der Waals surface area contributed by atoms with Gasteiger partial charge in [-0.3, -0.25) is 4.79 Å². The van der Waals surface area contributed by atoms with Crippen LogP contribution >= 0.6 is 11.6 Å². The molecule has 0 radical (unpaired) electrons. The van der Waals surface area contributed by atoms with Gasteiger partial charge in [-0.25, -0.2) is 8.78 Å². The first-order valence-corrected chi connectivity index (χ1v) is 7.95. The van der Waals surface area contributed by atoms with E-state index in [4.69, 9.17) is 11.6 Å². The fraction of sp³-hybridized carbons (Fsp3) is 0.588. The molecule has 1 amide bonds. The minimum Gasteiger partial charge on any atom is -0.307 e. The van der Waals surface area contributed by atoms with Gasteiger partial charge in [0.05, 0.1) is 5.69 Å². The molecule has 0 spiro atoms. The lowest BCUT2D eigenvalue weighted by Crippen LogP contribution is -2.42. The molecule has 2 nitrogen and oxygen atoms in total. The molecule has 1 aromatic carbocycles. The summed E-state index contributed by atoms with van der Waals surface area (Å²) in [6, 6.07) is 2.24. The van der Waals surface area contributed by atoms with Crippen LogP contribution in [0.2, 0.25) is 5.02 Å². The fourth-order valence-corrected chi connectivity index (χ4v) is 2.59. The second-order valence-corrected chi connectivity index (χ2v) is 7.04. The predicted molar refractivity (Wildman–Crippen MR) is 87.3 cm³/mol. The van der Waals surface area contributed by atoms with Crippen molar-refractivity contribution in [1.82, 2.24) is 0 Å². The normalized spacial score (nSPS) is 11.9. The summed E-state index contributed by atoms with van der Waals surface area (Å²) >= 11 is 5.67. The van der Waals surface area contributed by atoms with Crippen LogP contribution in [0.1, 0.15) is 53.9 Å². The highest BCUT2D eigenvalue weighted by molar-refractivity contribution is 6.31. The number of halogens is 3. The molecule has 0 aliphatic carbocycles. The zero-order valence-corrected chi connectivity index (χ0v) is 14.6. The van der Waals surface area contributed by atoms with Gasteiger partial charge in [0.15, 0.2) is 5.82 Å². The molecule has 0 aliphatic rings. The highest BCUT2D eigenvalue weighted by Gasteiger charge is 2.29. The third kappa shape index (κ3) is 4.42. The lowest BCUT2D eigenvalue weighted by molar-refractivity contribution is -0.120. The van der Waals surface area contributed by atoms with Crippen molar-refractivity contribution in [3.63, 3.8) is 0 Å². The first-order chi connectivity index (χ1) is 10.1. The number of carbonyl (C=O) groups excluding carboxylic acids is 1. The summed E-state index contributed by atoms with van der Waals surface area (Å²) < 4.78 is 27.8. The Balaban J connectivity index is 3.33. The Kier molecular flexibility index (Phi) is 6.36. The maximum atomic E-state index is 14.4. The van der Waals surface area contributed by atoms with Gasteiger partial charge in [-0.15, -0.1) is 0 Å². The molecule has 0 saturated heterocycles. The fourth-order valence-electron chi connectivity index (χ4n) is 2.43. The summed E-state index contributed by atoms with van der Waals surface area (Å²) in [5.41, 5.74) is -0.170. The summed E-state index contributed by atoms with van der Waals surface area (Å²) in [6.45, 7) is 9.72. The van der Waals surface area contributed by atoms with Gasteiger partial charge in [0.1, 0.15) is 10.8 Å². The topological polar surface area (TPSA) is 20.3 Å². The van der Waals surface area contributed by atoms with Crippen molar-refractivity contribution in [3.05, 3.63) is 28.8 Å². The van der Waals surface area contributed by atoms with E-state index in [0.717, 1.165) is 6.07 Å². The zero-order valence-electron chi connectivity index (χ0n) is 13.8. The van der Waals surface area contributed by atoms with Crippen LogP contribution in [0.25, 0.3) is 0 Å². The molecule has 0 atom stereocenters. The molecule has 124 valence electrons. The van der Waals surface area contributed by atoms with Gasteiger partial charge in [-0.1, -0.05) is 46.2 Å². The number of nitrogens with zero attached hydrogens (tertiary/aromatic N) is 1. The standard InChI is InChI=1S/C17H24ClF2NO/c1-6-11(7-2)21(14(22)10-17(3,4)5)13-9-8-12(19)15(18)16(13)20/h8-9,11H,6-7,10H2,1-5H3. The third-order valence-electron chi connectivity index (χ3n) is 3.53. The molecule has 5 heteroatoms. The molecule has 0 N–H and O–H groups in total. The number of rotatable bonds is 5. The Morgan fingerprint density at radius 2 is 1.77 bits per heavy atom. The van der Waals surface area contributed by atoms with E-state index in [2.05, 4.69) is 0 Å². The third-order valence-corrected chi connectivity index (χ3v) is 3.88. The summed E-state index contributed by atoms with van der Waals surface area (Å²) in [7, 11) is 0. The van der Waals surface area contributed by atoms with Crippen molar-refractivity contribution in [3.8, 4) is 0 Å². The maximum Gasteiger partial charge on any atom is 0.227 e. The average molecular weight is 332 g/mol. The smallest absolute Gasteiger partial charge is 0.227 e. The SMILES string of the molecule is CCC(CC)N(C(=O)CC(C)(C)C)c1ccc(F)c(Cl)c1F. The molecule has 0 saturated carbocycles. The van der Waals surface area contributed by atoms with Crippen molar-refractivity contribution >= 4 is 23.2 Å². The first kappa shape index (κ1) is 18.9. The quantitative estimate of drug-likeness (QED) is 0.645. The summed E-state index contributed by atoms with van der Waals surface area (Å²) in [6.07, 6.45) is 1.64. The van der Waals surface area contributed by atoms with E-state index in [1.165, 1.54) is 11.0 Å². The Morgan fingerprint density at radius 3 is 2.23 bits per heavy atom. The van der Waals surface area contributed by atoms with E-state index < -0.39 is 16.7 Å². The van der Waals surface area contributed by atoms with Gasteiger partial charge in [0, 0.05) is 12.5 Å². The van der Waals surface area contributed by atoms with Crippen molar-refractivity contribution in [2.75, 3.05) is 4.90 Å². The molecule has 0 fully saturated rings. The molecule has 0 aliphatic heterocycles. The summed E-state index contributed by atoms with van der Waals surface area (Å²) in [5.74, 6) is -1.88. The molecule has 0 aromatic heterocycles. The number of hydrogen-bond acceptors (Lipinski definition) is 1. The van der Waals surface area contributed by atoms with Crippen LogP contribution < -0.4 is 4.90 Å². The predicted octanol–water partition coefficient (Wildman–Crippen LogP) is 5.58. The highest BCUT2D eigenvalue weighted by Crippen LogP contribution is 2.32. The number of hydrogen-bond donors (Lipinski definition) is 0. The number of anilines is 1. The van der Waals surface area contributed by atoms with Gasteiger partial charge in [0.25, 0.3) is 0 Å². The molecule has 0 heterocycles. The van der Waals surface area contributed by atoms with Crippen LogP contribution in [0.5, 0.6) is 0 Å². The molecule has 1 rings (SSSR count). The highest BCUT2D eigenvalue weighted by atomic mass is 35.5. The minimum atomic E-state index is -0.879. The average Bonchev–Trinajstić information content (AvgIpc) is 2.41. The Bertz CT molecular complexity index is 536. The number of amides is 1. The van der Waals surface area contributed by atoms with Crippen LogP contribution in [0.3, 0.4) is 0 Å². The molecular formula is C17H24ClF2NO. The van der Waals surface area contributed by atoms with Crippen LogP contribution in [0.4, 0.5) is 14.5 Å². The van der Waals surface area contributed by atoms with Crippen molar-refractivity contribution in [2.24, 2.45) is 5.41 Å². The van der Waals surface area contributed by atoms with Gasteiger partial charge in [0.2, 0.25) is 5.91 Å². The van der Waals surface area contributed by atoms with E-state index in [9.17, 15) is 13.6 Å². The molecule has 22 heavy (non-hydrogen) atoms. The van der Waals surface area contributed by atoms with E-state index in [0.29, 0.717) is 12.8 Å². The van der Waals surface area contributed by atoms with E-state index in [-0.39, 0.29) is 29.5 Å². The Morgan fingerprint density at radius 1 is 1.23 bits per heavy atom. The summed E-state index contributed by atoms with van der Waals surface area (Å²) in [5, 5.41) is -0.572. The Hall–Kier alpha value is -1.16. The van der Waals surface area contributed by atoms with Gasteiger partial charge >= 0.3 is 0 Å². The first-order valence-electron chi connectivity index (χ1n) is 7.57. The van der Waals surface area contributed by atoms with E-state index in [1.54, 1.807) is 0 Å².